The number of benzene rings is 2. The number of likely N-dealkylation sites (tertiary alicyclic amines) is 1. The highest BCUT2D eigenvalue weighted by atomic mass is 16.5. The Morgan fingerprint density at radius 3 is 2.29 bits per heavy atom. The Morgan fingerprint density at radius 1 is 0.911 bits per heavy atom. The van der Waals surface area contributed by atoms with E-state index in [2.05, 4.69) is 15.1 Å². The first-order chi connectivity index (χ1) is 22.0. The number of piperidine rings is 1. The number of carbonyl (C=O) groups is 2. The van der Waals surface area contributed by atoms with Crippen molar-refractivity contribution in [3.63, 3.8) is 0 Å². The molecule has 11 nitrogen and oxygen atoms in total. The molecule has 3 aromatic rings. The van der Waals surface area contributed by atoms with Gasteiger partial charge in [0, 0.05) is 77.1 Å². The quantitative estimate of drug-likeness (QED) is 0.297. The van der Waals surface area contributed by atoms with Crippen molar-refractivity contribution >= 4 is 17.6 Å². The number of nitrogens with one attached hydrogen (secondary N) is 1. The molecule has 2 amide bonds. The van der Waals surface area contributed by atoms with Gasteiger partial charge in [0.15, 0.2) is 0 Å². The summed E-state index contributed by atoms with van der Waals surface area (Å²) in [5.74, 6) is 2.06. The molecule has 0 bridgehead atoms. The minimum absolute atomic E-state index is 0.0818. The van der Waals surface area contributed by atoms with E-state index in [0.717, 1.165) is 76.4 Å². The molecule has 2 saturated heterocycles. The lowest BCUT2D eigenvalue weighted by molar-refractivity contribution is -0.127. The second kappa shape index (κ2) is 14.3. The van der Waals surface area contributed by atoms with Crippen LogP contribution in [-0.4, -0.2) is 102 Å². The number of amides is 2. The number of primary amides is 1. The Hall–Kier alpha value is -4.19. The van der Waals surface area contributed by atoms with Crippen LogP contribution < -0.4 is 21.5 Å². The molecule has 1 unspecified atom stereocenters. The Kier molecular flexibility index (Phi) is 9.78. The van der Waals surface area contributed by atoms with Crippen molar-refractivity contribution in [1.82, 2.24) is 24.5 Å². The summed E-state index contributed by atoms with van der Waals surface area (Å²) in [6.07, 6.45) is 6.42. The van der Waals surface area contributed by atoms with E-state index in [-0.39, 0.29) is 11.9 Å². The lowest BCUT2D eigenvalue weighted by Crippen LogP contribution is -2.47. The zero-order valence-corrected chi connectivity index (χ0v) is 25.8. The molecule has 2 fully saturated rings. The number of hydrogen-bond donors (Lipinski definition) is 3. The number of carbonyl (C=O) groups excluding carboxylic acids is 2. The van der Waals surface area contributed by atoms with Crippen LogP contribution in [0.5, 0.6) is 11.5 Å². The number of hydrogen-bond acceptors (Lipinski definition) is 8. The van der Waals surface area contributed by atoms with Gasteiger partial charge in [0.25, 0.3) is 5.91 Å². The molecule has 45 heavy (non-hydrogen) atoms. The average molecular weight is 613 g/mol. The summed E-state index contributed by atoms with van der Waals surface area (Å²) >= 11 is 0. The minimum atomic E-state index is -0.506. The van der Waals surface area contributed by atoms with Crippen molar-refractivity contribution in [2.24, 2.45) is 17.4 Å². The second-order valence-corrected chi connectivity index (χ2v) is 12.1. The molecular formula is C34H44N8O3. The van der Waals surface area contributed by atoms with Crippen molar-refractivity contribution in [3.8, 4) is 22.8 Å². The summed E-state index contributed by atoms with van der Waals surface area (Å²) < 4.78 is 7.92. The Bertz CT molecular complexity index is 1470. The summed E-state index contributed by atoms with van der Waals surface area (Å²) in [4.78, 5) is 32.4. The molecule has 4 heterocycles. The molecule has 11 heteroatoms. The van der Waals surface area contributed by atoms with Crippen molar-refractivity contribution < 1.29 is 14.3 Å². The van der Waals surface area contributed by atoms with Gasteiger partial charge in [0.2, 0.25) is 5.91 Å². The molecule has 0 aliphatic carbocycles. The number of aromatic nitrogens is 2. The largest absolute Gasteiger partial charge is 0.457 e. The van der Waals surface area contributed by atoms with Gasteiger partial charge in [-0.1, -0.05) is 24.3 Å². The number of nitrogens with zero attached hydrogens (tertiary/aromatic N) is 5. The van der Waals surface area contributed by atoms with Crippen molar-refractivity contribution in [1.29, 1.82) is 0 Å². The lowest BCUT2D eigenvalue weighted by Gasteiger charge is -2.38. The Balaban J connectivity index is 1.08. The van der Waals surface area contributed by atoms with Gasteiger partial charge in [-0.05, 0) is 61.6 Å². The van der Waals surface area contributed by atoms with E-state index in [1.165, 1.54) is 0 Å². The highest BCUT2D eigenvalue weighted by Crippen LogP contribution is 2.40. The van der Waals surface area contributed by atoms with Crippen LogP contribution in [0.3, 0.4) is 0 Å². The molecular weight excluding hydrogens is 568 g/mol. The predicted molar refractivity (Wildman–Crippen MR) is 175 cm³/mol. The van der Waals surface area contributed by atoms with Gasteiger partial charge in [-0.2, -0.15) is 5.10 Å². The van der Waals surface area contributed by atoms with Crippen molar-refractivity contribution in [2.75, 3.05) is 70.8 Å². The summed E-state index contributed by atoms with van der Waals surface area (Å²) in [5.41, 5.74) is 13.4. The first-order valence-corrected chi connectivity index (χ1v) is 16.1. The van der Waals surface area contributed by atoms with E-state index in [9.17, 15) is 9.59 Å². The van der Waals surface area contributed by atoms with Crippen LogP contribution in [0.25, 0.3) is 11.3 Å². The van der Waals surface area contributed by atoms with E-state index in [0.29, 0.717) is 48.4 Å². The van der Waals surface area contributed by atoms with Crippen molar-refractivity contribution in [2.45, 2.75) is 25.3 Å². The molecule has 238 valence electrons. The Morgan fingerprint density at radius 2 is 1.60 bits per heavy atom. The van der Waals surface area contributed by atoms with Gasteiger partial charge in [-0.25, -0.2) is 4.68 Å². The first kappa shape index (κ1) is 30.8. The number of piperazine rings is 1. The molecule has 0 saturated carbocycles. The monoisotopic (exact) mass is 612 g/mol. The SMILES string of the molecule is NCCN1CCN(CC=CC(=O)N2CCC(C3CCNc4c(C(N)=O)c(-c5ccc(Oc6ccccc6)cc5)nn43)CC2)CC1. The van der Waals surface area contributed by atoms with Gasteiger partial charge in [-0.3, -0.25) is 19.4 Å². The van der Waals surface area contributed by atoms with Gasteiger partial charge in [0.05, 0.1) is 6.04 Å². The Labute approximate surface area is 264 Å². The first-order valence-electron chi connectivity index (χ1n) is 16.1. The lowest BCUT2D eigenvalue weighted by atomic mass is 9.87. The summed E-state index contributed by atoms with van der Waals surface area (Å²) in [7, 11) is 0. The molecule has 3 aliphatic rings. The normalized spacial score (nSPS) is 19.8. The fourth-order valence-electron chi connectivity index (χ4n) is 6.77. The third kappa shape index (κ3) is 7.22. The average Bonchev–Trinajstić information content (AvgIpc) is 3.47. The molecule has 0 radical (unpaired) electrons. The molecule has 1 aromatic heterocycles. The van der Waals surface area contributed by atoms with Crippen LogP contribution in [-0.2, 0) is 4.79 Å². The van der Waals surface area contributed by atoms with Crippen LogP contribution >= 0.6 is 0 Å². The van der Waals surface area contributed by atoms with E-state index >= 15 is 0 Å². The summed E-state index contributed by atoms with van der Waals surface area (Å²) in [5, 5.41) is 8.36. The van der Waals surface area contributed by atoms with E-state index in [4.69, 9.17) is 21.3 Å². The highest BCUT2D eigenvalue weighted by molar-refractivity contribution is 6.03. The minimum Gasteiger partial charge on any atom is -0.457 e. The van der Waals surface area contributed by atoms with Crippen LogP contribution in [0, 0.1) is 5.92 Å². The second-order valence-electron chi connectivity index (χ2n) is 12.1. The number of anilines is 1. The molecule has 0 spiro atoms. The van der Waals surface area contributed by atoms with Gasteiger partial charge >= 0.3 is 0 Å². The zero-order valence-electron chi connectivity index (χ0n) is 25.8. The molecule has 3 aliphatic heterocycles. The van der Waals surface area contributed by atoms with Gasteiger partial charge in [0.1, 0.15) is 28.6 Å². The third-order valence-electron chi connectivity index (χ3n) is 9.24. The topological polar surface area (TPSA) is 135 Å². The van der Waals surface area contributed by atoms with Crippen LogP contribution in [0.2, 0.25) is 0 Å². The standard InChI is InChI=1S/C34H44N8O3/c35-15-20-40-23-21-39(22-24-40)17-4-7-30(43)41-18-13-25(14-19-41)29-12-16-37-34-31(33(36)44)32(38-42(29)34)26-8-10-28(11-9-26)45-27-5-2-1-3-6-27/h1-11,25,29,37H,12-24,35H2,(H2,36,44). The molecule has 1 atom stereocenters. The maximum Gasteiger partial charge on any atom is 0.254 e. The maximum atomic E-state index is 13.0. The fourth-order valence-corrected chi connectivity index (χ4v) is 6.77. The van der Waals surface area contributed by atoms with Crippen molar-refractivity contribution in [3.05, 3.63) is 72.3 Å². The highest BCUT2D eigenvalue weighted by Gasteiger charge is 2.35. The number of nitrogens with two attached hydrogens (primary N) is 2. The smallest absolute Gasteiger partial charge is 0.254 e. The van der Waals surface area contributed by atoms with Crippen LogP contribution in [0.1, 0.15) is 35.7 Å². The molecule has 5 N–H and O–H groups in total. The maximum absolute atomic E-state index is 13.0. The van der Waals surface area contributed by atoms with Gasteiger partial charge in [-0.15, -0.1) is 0 Å². The molecule has 2 aromatic carbocycles. The van der Waals surface area contributed by atoms with E-state index in [1.807, 2.05) is 70.3 Å². The van der Waals surface area contributed by atoms with E-state index < -0.39 is 5.91 Å². The van der Waals surface area contributed by atoms with Gasteiger partial charge < -0.3 is 26.4 Å². The van der Waals surface area contributed by atoms with Crippen LogP contribution in [0.15, 0.2) is 66.7 Å². The zero-order chi connectivity index (χ0) is 31.2. The summed E-state index contributed by atoms with van der Waals surface area (Å²) in [6, 6.07) is 17.3. The van der Waals surface area contributed by atoms with E-state index in [1.54, 1.807) is 6.08 Å². The third-order valence-corrected chi connectivity index (χ3v) is 9.24. The number of para-hydroxylation sites is 1. The fraction of sp³-hybridized carbons (Fsp3) is 0.441. The summed E-state index contributed by atoms with van der Waals surface area (Å²) in [6.45, 7) is 8.66. The predicted octanol–water partition coefficient (Wildman–Crippen LogP) is 3.17. The van der Waals surface area contributed by atoms with Crippen LogP contribution in [0.4, 0.5) is 5.82 Å². The number of fused-ring (bicyclic) bond motifs is 1. The number of ether oxygens (including phenoxy) is 1. The molecule has 6 rings (SSSR count). The number of rotatable bonds is 10.